The summed E-state index contributed by atoms with van der Waals surface area (Å²) in [5.41, 5.74) is 7.06. The topological polar surface area (TPSA) is 26.0 Å². The summed E-state index contributed by atoms with van der Waals surface area (Å²) in [5, 5.41) is 0. The number of allylic oxidation sites excluding steroid dienone is 2. The first kappa shape index (κ1) is 7.80. The maximum Gasteiger partial charge on any atom is -0.00743 e. The van der Waals surface area contributed by atoms with Gasteiger partial charge in [-0.15, -0.1) is 0 Å². The zero-order valence-electron chi connectivity index (χ0n) is 6.60. The van der Waals surface area contributed by atoms with Crippen LogP contribution in [0.2, 0.25) is 0 Å². The Morgan fingerprint density at radius 1 is 1.30 bits per heavy atom. The second kappa shape index (κ2) is 4.51. The third-order valence-corrected chi connectivity index (χ3v) is 2.09. The molecule has 0 atom stereocenters. The van der Waals surface area contributed by atoms with Crippen molar-refractivity contribution in [2.24, 2.45) is 5.73 Å². The maximum absolute atomic E-state index is 5.38. The summed E-state index contributed by atoms with van der Waals surface area (Å²) in [6.45, 7) is 0.837. The molecule has 1 saturated carbocycles. The van der Waals surface area contributed by atoms with Crippen LogP contribution in [0.1, 0.15) is 38.5 Å². The number of nitrogens with two attached hydrogens (primary N) is 1. The van der Waals surface area contributed by atoms with Gasteiger partial charge in [-0.25, -0.2) is 0 Å². The molecule has 0 amide bonds. The zero-order valence-corrected chi connectivity index (χ0v) is 6.60. The molecule has 1 aliphatic rings. The van der Waals surface area contributed by atoms with Gasteiger partial charge >= 0.3 is 0 Å². The molecule has 0 aliphatic heterocycles. The summed E-state index contributed by atoms with van der Waals surface area (Å²) in [6.07, 6.45) is 10.3. The Labute approximate surface area is 63.3 Å². The lowest BCUT2D eigenvalue weighted by Gasteiger charge is -1.93. The standard InChI is InChI=1S/C9H17N/c10-8-4-3-7-9-5-1-2-6-9/h7H,1-6,8,10H2. The van der Waals surface area contributed by atoms with Crippen molar-refractivity contribution in [2.45, 2.75) is 38.5 Å². The van der Waals surface area contributed by atoms with E-state index in [-0.39, 0.29) is 0 Å². The van der Waals surface area contributed by atoms with E-state index in [0.29, 0.717) is 0 Å². The van der Waals surface area contributed by atoms with Crippen molar-refractivity contribution in [3.05, 3.63) is 11.6 Å². The molecule has 1 nitrogen and oxygen atoms in total. The summed E-state index contributed by atoms with van der Waals surface area (Å²) >= 11 is 0. The van der Waals surface area contributed by atoms with Crippen LogP contribution in [-0.4, -0.2) is 6.54 Å². The summed E-state index contributed by atoms with van der Waals surface area (Å²) in [6, 6.07) is 0. The van der Waals surface area contributed by atoms with Crippen LogP contribution in [0.15, 0.2) is 11.6 Å². The second-order valence-corrected chi connectivity index (χ2v) is 3.00. The Morgan fingerprint density at radius 3 is 2.60 bits per heavy atom. The number of hydrogen-bond acceptors (Lipinski definition) is 1. The highest BCUT2D eigenvalue weighted by Gasteiger charge is 2.04. The molecule has 10 heavy (non-hydrogen) atoms. The van der Waals surface area contributed by atoms with Gasteiger partial charge in [0.25, 0.3) is 0 Å². The largest absolute Gasteiger partial charge is 0.330 e. The van der Waals surface area contributed by atoms with E-state index in [1.807, 2.05) is 0 Å². The highest BCUT2D eigenvalue weighted by Crippen LogP contribution is 2.23. The molecule has 1 heteroatoms. The lowest BCUT2D eigenvalue weighted by atomic mass is 10.1. The molecule has 1 aliphatic carbocycles. The van der Waals surface area contributed by atoms with Crippen LogP contribution in [0.3, 0.4) is 0 Å². The molecular formula is C9H17N. The summed E-state index contributed by atoms with van der Waals surface area (Å²) in [5.74, 6) is 0. The third kappa shape index (κ3) is 2.53. The molecule has 58 valence electrons. The van der Waals surface area contributed by atoms with Crippen LogP contribution >= 0.6 is 0 Å². The average Bonchev–Trinajstić information content (AvgIpc) is 2.41. The molecule has 0 aromatic carbocycles. The predicted octanol–water partition coefficient (Wildman–Crippen LogP) is 2.23. The summed E-state index contributed by atoms with van der Waals surface area (Å²) < 4.78 is 0. The Morgan fingerprint density at radius 2 is 2.00 bits per heavy atom. The van der Waals surface area contributed by atoms with Gasteiger partial charge in [0.15, 0.2) is 0 Å². The fraction of sp³-hybridized carbons (Fsp3) is 0.778. The third-order valence-electron chi connectivity index (χ3n) is 2.09. The van der Waals surface area contributed by atoms with Crippen LogP contribution in [0.4, 0.5) is 0 Å². The first-order valence-electron chi connectivity index (χ1n) is 4.31. The molecule has 0 bridgehead atoms. The molecule has 1 fully saturated rings. The monoisotopic (exact) mass is 139 g/mol. The minimum Gasteiger partial charge on any atom is -0.330 e. The van der Waals surface area contributed by atoms with E-state index in [1.54, 1.807) is 5.57 Å². The van der Waals surface area contributed by atoms with E-state index in [4.69, 9.17) is 5.73 Å². The smallest absolute Gasteiger partial charge is 0.00743 e. The van der Waals surface area contributed by atoms with Crippen molar-refractivity contribution < 1.29 is 0 Å². The SMILES string of the molecule is NCCCC=C1CCCC1. The van der Waals surface area contributed by atoms with Crippen molar-refractivity contribution in [2.75, 3.05) is 6.54 Å². The van der Waals surface area contributed by atoms with E-state index in [9.17, 15) is 0 Å². The highest BCUT2D eigenvalue weighted by molar-refractivity contribution is 5.05. The van der Waals surface area contributed by atoms with Gasteiger partial charge < -0.3 is 5.73 Å². The van der Waals surface area contributed by atoms with Gasteiger partial charge in [0, 0.05) is 0 Å². The normalized spacial score (nSPS) is 17.9. The van der Waals surface area contributed by atoms with Gasteiger partial charge in [-0.2, -0.15) is 0 Å². The molecule has 0 aromatic heterocycles. The zero-order chi connectivity index (χ0) is 7.23. The fourth-order valence-corrected chi connectivity index (χ4v) is 1.46. The van der Waals surface area contributed by atoms with Crippen LogP contribution in [0.25, 0.3) is 0 Å². The van der Waals surface area contributed by atoms with Crippen molar-refractivity contribution in [3.63, 3.8) is 0 Å². The van der Waals surface area contributed by atoms with E-state index in [2.05, 4.69) is 6.08 Å². The Kier molecular flexibility index (Phi) is 3.52. The van der Waals surface area contributed by atoms with E-state index in [0.717, 1.165) is 13.0 Å². The van der Waals surface area contributed by atoms with Crippen molar-refractivity contribution in [1.29, 1.82) is 0 Å². The lowest BCUT2D eigenvalue weighted by molar-refractivity contribution is 0.845. The van der Waals surface area contributed by atoms with Crippen LogP contribution < -0.4 is 5.73 Å². The van der Waals surface area contributed by atoms with Crippen LogP contribution in [0.5, 0.6) is 0 Å². The van der Waals surface area contributed by atoms with Crippen molar-refractivity contribution >= 4 is 0 Å². The second-order valence-electron chi connectivity index (χ2n) is 3.00. The Hall–Kier alpha value is -0.300. The van der Waals surface area contributed by atoms with Gasteiger partial charge in [0.1, 0.15) is 0 Å². The van der Waals surface area contributed by atoms with Gasteiger partial charge in [-0.1, -0.05) is 11.6 Å². The molecule has 0 aromatic rings. The number of unbranched alkanes of at least 4 members (excludes halogenated alkanes) is 1. The summed E-state index contributed by atoms with van der Waals surface area (Å²) in [4.78, 5) is 0. The molecule has 1 rings (SSSR count). The predicted molar refractivity (Wildman–Crippen MR) is 44.8 cm³/mol. The van der Waals surface area contributed by atoms with Crippen LogP contribution in [-0.2, 0) is 0 Å². The lowest BCUT2D eigenvalue weighted by Crippen LogP contribution is -1.96. The van der Waals surface area contributed by atoms with E-state index >= 15 is 0 Å². The quantitative estimate of drug-likeness (QED) is 0.471. The van der Waals surface area contributed by atoms with Crippen molar-refractivity contribution in [3.8, 4) is 0 Å². The summed E-state index contributed by atoms with van der Waals surface area (Å²) in [7, 11) is 0. The van der Waals surface area contributed by atoms with Gasteiger partial charge in [0.05, 0.1) is 0 Å². The van der Waals surface area contributed by atoms with Gasteiger partial charge in [-0.05, 0) is 45.1 Å². The Balaban J connectivity index is 2.12. The first-order valence-corrected chi connectivity index (χ1v) is 4.31. The number of hydrogen-bond donors (Lipinski definition) is 1. The minimum absolute atomic E-state index is 0.837. The molecule has 0 heterocycles. The number of rotatable bonds is 3. The molecule has 2 N–H and O–H groups in total. The molecule has 0 spiro atoms. The van der Waals surface area contributed by atoms with E-state index < -0.39 is 0 Å². The average molecular weight is 139 g/mol. The Bertz CT molecular complexity index is 108. The molecule has 0 radical (unpaired) electrons. The molecular weight excluding hydrogens is 122 g/mol. The van der Waals surface area contributed by atoms with Gasteiger partial charge in [-0.3, -0.25) is 0 Å². The fourth-order valence-electron chi connectivity index (χ4n) is 1.46. The van der Waals surface area contributed by atoms with E-state index in [1.165, 1.54) is 32.1 Å². The maximum atomic E-state index is 5.38. The van der Waals surface area contributed by atoms with Crippen LogP contribution in [0, 0.1) is 0 Å². The molecule has 0 unspecified atom stereocenters. The highest BCUT2D eigenvalue weighted by atomic mass is 14.5. The van der Waals surface area contributed by atoms with Gasteiger partial charge in [0.2, 0.25) is 0 Å². The first-order chi connectivity index (χ1) is 4.93. The minimum atomic E-state index is 0.837. The molecule has 0 saturated heterocycles. The van der Waals surface area contributed by atoms with Crippen molar-refractivity contribution in [1.82, 2.24) is 0 Å².